The van der Waals surface area contributed by atoms with Crippen LogP contribution in [0.3, 0.4) is 0 Å². The highest BCUT2D eigenvalue weighted by Gasteiger charge is 2.29. The topological polar surface area (TPSA) is 92.6 Å². The number of hydrogen-bond donors (Lipinski definition) is 0. The molecule has 2 fully saturated rings. The molecule has 1 saturated carbocycles. The average molecular weight is 362 g/mol. The lowest BCUT2D eigenvalue weighted by atomic mass is 10.3. The van der Waals surface area contributed by atoms with Crippen molar-refractivity contribution in [3.8, 4) is 0 Å². The Morgan fingerprint density at radius 1 is 0.741 bits per heavy atom. The molecular weight excluding hydrogens is 344 g/mol. The Bertz CT molecular complexity index is 1120. The molecule has 0 N–H and O–H groups in total. The predicted octanol–water partition coefficient (Wildman–Crippen LogP) is 0.766. The molecule has 0 spiro atoms. The summed E-state index contributed by atoms with van der Waals surface area (Å²) in [6.45, 7) is 3.55. The number of nitrogens with zero attached hydrogens (tertiary/aromatic N) is 10. The van der Waals surface area contributed by atoms with Gasteiger partial charge in [-0.3, -0.25) is 0 Å². The molecule has 0 atom stereocenters. The molecular formula is C17H18N10. The number of rotatable bonds is 3. The number of hydrogen-bond acceptors (Lipinski definition) is 8. The second-order valence-corrected chi connectivity index (χ2v) is 7.09. The van der Waals surface area contributed by atoms with E-state index in [-0.39, 0.29) is 0 Å². The zero-order valence-corrected chi connectivity index (χ0v) is 14.7. The van der Waals surface area contributed by atoms with E-state index in [4.69, 9.17) is 5.10 Å². The Morgan fingerprint density at radius 3 is 2.19 bits per heavy atom. The smallest absolute Gasteiger partial charge is 0.178 e. The molecule has 0 amide bonds. The van der Waals surface area contributed by atoms with Gasteiger partial charge in [0.05, 0.1) is 0 Å². The van der Waals surface area contributed by atoms with Gasteiger partial charge in [0.1, 0.15) is 18.0 Å². The van der Waals surface area contributed by atoms with Crippen LogP contribution in [0.1, 0.15) is 24.6 Å². The Balaban J connectivity index is 1.22. The molecule has 2 aliphatic rings. The third-order valence-electron chi connectivity index (χ3n) is 5.29. The van der Waals surface area contributed by atoms with Crippen molar-refractivity contribution in [1.82, 2.24) is 39.6 Å². The summed E-state index contributed by atoms with van der Waals surface area (Å²) in [5.74, 6) is 3.45. The molecule has 4 aromatic rings. The Morgan fingerprint density at radius 2 is 1.44 bits per heavy atom. The van der Waals surface area contributed by atoms with Gasteiger partial charge in [-0.2, -0.15) is 9.03 Å². The van der Waals surface area contributed by atoms with E-state index >= 15 is 0 Å². The summed E-state index contributed by atoms with van der Waals surface area (Å²) in [5.41, 5.74) is 1.58. The maximum Gasteiger partial charge on any atom is 0.178 e. The van der Waals surface area contributed by atoms with Crippen molar-refractivity contribution in [3.05, 3.63) is 36.4 Å². The molecule has 27 heavy (non-hydrogen) atoms. The van der Waals surface area contributed by atoms with E-state index in [0.29, 0.717) is 5.92 Å². The van der Waals surface area contributed by atoms with Crippen LogP contribution in [0.25, 0.3) is 11.3 Å². The number of fused-ring (bicyclic) bond motifs is 2. The van der Waals surface area contributed by atoms with E-state index < -0.39 is 0 Å². The van der Waals surface area contributed by atoms with E-state index in [0.717, 1.165) is 54.9 Å². The molecule has 6 rings (SSSR count). The predicted molar refractivity (Wildman–Crippen MR) is 98.0 cm³/mol. The molecule has 0 bridgehead atoms. The summed E-state index contributed by atoms with van der Waals surface area (Å²) in [6, 6.07) is 8.00. The minimum atomic E-state index is 0.526. The lowest BCUT2D eigenvalue weighted by Gasteiger charge is -2.35. The van der Waals surface area contributed by atoms with Crippen molar-refractivity contribution in [2.75, 3.05) is 36.0 Å². The van der Waals surface area contributed by atoms with Crippen molar-refractivity contribution in [2.24, 2.45) is 0 Å². The Labute approximate surface area is 154 Å². The molecule has 5 heterocycles. The molecule has 1 saturated heterocycles. The van der Waals surface area contributed by atoms with Crippen LogP contribution in [-0.4, -0.2) is 65.8 Å². The SMILES string of the molecule is c1cc2nncn2nc1N1CCN(c2ccc3nnc(C4CC4)n3n2)CC1. The van der Waals surface area contributed by atoms with Crippen LogP contribution in [0.5, 0.6) is 0 Å². The summed E-state index contributed by atoms with van der Waals surface area (Å²) in [4.78, 5) is 4.59. The zero-order valence-electron chi connectivity index (χ0n) is 14.7. The lowest BCUT2D eigenvalue weighted by molar-refractivity contribution is 0.629. The molecule has 136 valence electrons. The maximum atomic E-state index is 4.81. The van der Waals surface area contributed by atoms with E-state index in [1.54, 1.807) is 10.8 Å². The van der Waals surface area contributed by atoms with Crippen LogP contribution < -0.4 is 9.80 Å². The van der Waals surface area contributed by atoms with Crippen molar-refractivity contribution in [3.63, 3.8) is 0 Å². The molecule has 10 heteroatoms. The fourth-order valence-corrected chi connectivity index (χ4v) is 3.61. The van der Waals surface area contributed by atoms with E-state index in [1.807, 2.05) is 28.8 Å². The minimum absolute atomic E-state index is 0.526. The number of anilines is 2. The second kappa shape index (κ2) is 5.60. The quantitative estimate of drug-likeness (QED) is 0.528. The van der Waals surface area contributed by atoms with Gasteiger partial charge in [0.15, 0.2) is 17.1 Å². The summed E-state index contributed by atoms with van der Waals surface area (Å²) >= 11 is 0. The molecule has 1 aliphatic carbocycles. The Hall–Kier alpha value is -3.30. The maximum absolute atomic E-state index is 4.81. The summed E-state index contributed by atoms with van der Waals surface area (Å²) in [5, 5.41) is 25.9. The van der Waals surface area contributed by atoms with Crippen LogP contribution in [-0.2, 0) is 0 Å². The van der Waals surface area contributed by atoms with Gasteiger partial charge < -0.3 is 9.80 Å². The molecule has 10 nitrogen and oxygen atoms in total. The lowest BCUT2D eigenvalue weighted by Crippen LogP contribution is -2.47. The van der Waals surface area contributed by atoms with Crippen molar-refractivity contribution in [2.45, 2.75) is 18.8 Å². The minimum Gasteiger partial charge on any atom is -0.352 e. The largest absolute Gasteiger partial charge is 0.352 e. The van der Waals surface area contributed by atoms with Crippen molar-refractivity contribution >= 4 is 22.9 Å². The van der Waals surface area contributed by atoms with Crippen LogP contribution in [0.4, 0.5) is 11.6 Å². The van der Waals surface area contributed by atoms with Crippen molar-refractivity contribution in [1.29, 1.82) is 0 Å². The fourth-order valence-electron chi connectivity index (χ4n) is 3.61. The monoisotopic (exact) mass is 362 g/mol. The first kappa shape index (κ1) is 14.8. The fraction of sp³-hybridized carbons (Fsp3) is 0.412. The van der Waals surface area contributed by atoms with Gasteiger partial charge in [-0.25, -0.2) is 0 Å². The highest BCUT2D eigenvalue weighted by atomic mass is 15.4. The number of piperazine rings is 1. The van der Waals surface area contributed by atoms with Gasteiger partial charge in [-0.15, -0.1) is 30.6 Å². The first-order valence-electron chi connectivity index (χ1n) is 9.24. The first-order valence-corrected chi connectivity index (χ1v) is 9.24. The van der Waals surface area contributed by atoms with Crippen LogP contribution in [0, 0.1) is 0 Å². The van der Waals surface area contributed by atoms with Gasteiger partial charge in [0.2, 0.25) is 0 Å². The average Bonchev–Trinajstić information content (AvgIpc) is 3.30. The van der Waals surface area contributed by atoms with E-state index in [2.05, 4.69) is 35.3 Å². The molecule has 1 aliphatic heterocycles. The van der Waals surface area contributed by atoms with Gasteiger partial charge in [0.25, 0.3) is 0 Å². The summed E-state index contributed by atoms with van der Waals surface area (Å²) < 4.78 is 3.63. The zero-order chi connectivity index (χ0) is 17.8. The van der Waals surface area contributed by atoms with E-state index in [1.165, 1.54) is 12.8 Å². The van der Waals surface area contributed by atoms with Crippen molar-refractivity contribution < 1.29 is 0 Å². The van der Waals surface area contributed by atoms with Gasteiger partial charge in [-0.05, 0) is 37.1 Å². The standard InChI is InChI=1S/C17H18N10/c1-2-12(1)17-21-20-14-4-6-16(23-27(14)17)25-9-7-24(8-10-25)15-5-3-13-19-18-11-26(13)22-15/h3-6,11-12H,1-2,7-10H2. The second-order valence-electron chi connectivity index (χ2n) is 7.09. The van der Waals surface area contributed by atoms with Crippen LogP contribution in [0.15, 0.2) is 30.6 Å². The third kappa shape index (κ3) is 2.47. The van der Waals surface area contributed by atoms with Gasteiger partial charge >= 0.3 is 0 Å². The molecule has 0 radical (unpaired) electrons. The molecule has 0 aromatic carbocycles. The van der Waals surface area contributed by atoms with E-state index in [9.17, 15) is 0 Å². The molecule has 0 unspecified atom stereocenters. The summed E-state index contributed by atoms with van der Waals surface area (Å²) in [6.07, 6.45) is 4.01. The van der Waals surface area contributed by atoms with Gasteiger partial charge in [-0.1, -0.05) is 0 Å². The first-order chi connectivity index (χ1) is 13.3. The summed E-state index contributed by atoms with van der Waals surface area (Å²) in [7, 11) is 0. The normalized spacial score (nSPS) is 17.9. The van der Waals surface area contributed by atoms with Crippen LogP contribution in [0.2, 0.25) is 0 Å². The molecule has 4 aromatic heterocycles. The third-order valence-corrected chi connectivity index (χ3v) is 5.29. The highest BCUT2D eigenvalue weighted by molar-refractivity contribution is 5.49. The Kier molecular flexibility index (Phi) is 3.07. The highest BCUT2D eigenvalue weighted by Crippen LogP contribution is 2.38. The van der Waals surface area contributed by atoms with Gasteiger partial charge in [0, 0.05) is 32.1 Å². The number of aromatic nitrogens is 8. The van der Waals surface area contributed by atoms with Crippen LogP contribution >= 0.6 is 0 Å².